The smallest absolute Gasteiger partial charge is 0.122 e. The molecule has 0 spiro atoms. The summed E-state index contributed by atoms with van der Waals surface area (Å²) in [7, 11) is 1.71. The van der Waals surface area contributed by atoms with Gasteiger partial charge < -0.3 is 9.84 Å². The molecule has 1 aromatic carbocycles. The maximum Gasteiger partial charge on any atom is 0.122 e. The van der Waals surface area contributed by atoms with Crippen molar-refractivity contribution in [1.82, 2.24) is 0 Å². The monoisotopic (exact) mass is 264 g/mol. The van der Waals surface area contributed by atoms with Gasteiger partial charge in [-0.25, -0.2) is 0 Å². The van der Waals surface area contributed by atoms with Gasteiger partial charge in [0.05, 0.1) is 7.11 Å². The Hall–Kier alpha value is -1.02. The maximum absolute atomic E-state index is 9.62. The summed E-state index contributed by atoms with van der Waals surface area (Å²) in [4.78, 5) is 0. The number of hydrogen-bond acceptors (Lipinski definition) is 2. The average Bonchev–Trinajstić information content (AvgIpc) is 2.34. The van der Waals surface area contributed by atoms with Crippen LogP contribution in [0.3, 0.4) is 0 Å². The van der Waals surface area contributed by atoms with Crippen LogP contribution in [0.4, 0.5) is 0 Å². The zero-order valence-corrected chi connectivity index (χ0v) is 13.2. The number of methoxy groups -OCH3 is 1. The van der Waals surface area contributed by atoms with E-state index >= 15 is 0 Å². The number of rotatable bonds is 5. The van der Waals surface area contributed by atoms with Gasteiger partial charge in [-0.1, -0.05) is 46.8 Å². The number of ether oxygens (including phenoxy) is 1. The lowest BCUT2D eigenvalue weighted by Crippen LogP contribution is -2.15. The van der Waals surface area contributed by atoms with Crippen LogP contribution in [0.15, 0.2) is 18.2 Å². The second kappa shape index (κ2) is 6.42. The Morgan fingerprint density at radius 1 is 1.21 bits per heavy atom. The van der Waals surface area contributed by atoms with Crippen LogP contribution in [0.25, 0.3) is 0 Å². The Bertz CT molecular complexity index is 402. The predicted octanol–water partition coefficient (Wildman–Crippen LogP) is 4.11. The molecule has 1 atom stereocenters. The van der Waals surface area contributed by atoms with Crippen LogP contribution in [0.5, 0.6) is 5.75 Å². The van der Waals surface area contributed by atoms with Crippen molar-refractivity contribution in [2.45, 2.75) is 52.4 Å². The van der Waals surface area contributed by atoms with E-state index < -0.39 is 0 Å². The molecule has 1 aromatic rings. The van der Waals surface area contributed by atoms with E-state index in [-0.39, 0.29) is 17.9 Å². The first-order valence-electron chi connectivity index (χ1n) is 7.08. The minimum absolute atomic E-state index is 0.0409. The molecular formula is C17H28O2. The van der Waals surface area contributed by atoms with Gasteiger partial charge in [0, 0.05) is 12.5 Å². The molecule has 0 aliphatic rings. The van der Waals surface area contributed by atoms with E-state index in [9.17, 15) is 5.11 Å². The fraction of sp³-hybridized carbons (Fsp3) is 0.647. The lowest BCUT2D eigenvalue weighted by molar-refractivity contribution is 0.248. The molecule has 108 valence electrons. The van der Waals surface area contributed by atoms with Gasteiger partial charge in [0.1, 0.15) is 5.75 Å². The van der Waals surface area contributed by atoms with Crippen LogP contribution in [-0.4, -0.2) is 18.8 Å². The quantitative estimate of drug-likeness (QED) is 0.867. The first-order chi connectivity index (χ1) is 8.79. The average molecular weight is 264 g/mol. The molecule has 1 unspecified atom stereocenters. The summed E-state index contributed by atoms with van der Waals surface area (Å²) in [5, 5.41) is 9.62. The fourth-order valence-corrected chi connectivity index (χ4v) is 2.45. The molecule has 0 saturated heterocycles. The predicted molar refractivity (Wildman–Crippen MR) is 81.0 cm³/mol. The summed E-state index contributed by atoms with van der Waals surface area (Å²) in [6.07, 6.45) is 1.01. The zero-order chi connectivity index (χ0) is 14.6. The van der Waals surface area contributed by atoms with Gasteiger partial charge in [-0.05, 0) is 34.9 Å². The molecule has 0 bridgehead atoms. The van der Waals surface area contributed by atoms with Gasteiger partial charge in [0.15, 0.2) is 0 Å². The number of hydrogen-bond donors (Lipinski definition) is 1. The molecule has 19 heavy (non-hydrogen) atoms. The van der Waals surface area contributed by atoms with Crippen LogP contribution < -0.4 is 4.74 Å². The molecular weight excluding hydrogens is 236 g/mol. The number of aliphatic hydroxyl groups excluding tert-OH is 1. The zero-order valence-electron chi connectivity index (χ0n) is 13.2. The van der Waals surface area contributed by atoms with Crippen molar-refractivity contribution in [2.24, 2.45) is 5.92 Å². The first kappa shape index (κ1) is 16.0. The molecule has 1 rings (SSSR count). The lowest BCUT2D eigenvalue weighted by Gasteiger charge is -2.25. The highest BCUT2D eigenvalue weighted by molar-refractivity contribution is 5.42. The van der Waals surface area contributed by atoms with Crippen molar-refractivity contribution >= 4 is 0 Å². The van der Waals surface area contributed by atoms with E-state index in [2.05, 4.69) is 46.8 Å². The van der Waals surface area contributed by atoms with Gasteiger partial charge in [-0.15, -0.1) is 0 Å². The highest BCUT2D eigenvalue weighted by Crippen LogP contribution is 2.35. The Morgan fingerprint density at radius 2 is 1.84 bits per heavy atom. The van der Waals surface area contributed by atoms with Crippen LogP contribution in [0, 0.1) is 5.92 Å². The van der Waals surface area contributed by atoms with Gasteiger partial charge in [0.25, 0.3) is 0 Å². The largest absolute Gasteiger partial charge is 0.496 e. The van der Waals surface area contributed by atoms with Gasteiger partial charge in [-0.2, -0.15) is 0 Å². The Kier molecular flexibility index (Phi) is 5.42. The second-order valence-electron chi connectivity index (χ2n) is 6.72. The van der Waals surface area contributed by atoms with Crippen LogP contribution >= 0.6 is 0 Å². The summed E-state index contributed by atoms with van der Waals surface area (Å²) in [6.45, 7) is 11.1. The molecule has 0 heterocycles. The van der Waals surface area contributed by atoms with Crippen LogP contribution in [0.1, 0.15) is 58.1 Å². The molecule has 0 amide bonds. The highest BCUT2D eigenvalue weighted by Gasteiger charge is 2.21. The molecule has 2 heteroatoms. The van der Waals surface area contributed by atoms with E-state index in [4.69, 9.17) is 4.74 Å². The third kappa shape index (κ3) is 4.24. The molecule has 0 aliphatic carbocycles. The Balaban J connectivity index is 3.16. The number of benzene rings is 1. The van der Waals surface area contributed by atoms with Crippen molar-refractivity contribution < 1.29 is 9.84 Å². The van der Waals surface area contributed by atoms with Gasteiger partial charge in [0.2, 0.25) is 0 Å². The van der Waals surface area contributed by atoms with Crippen molar-refractivity contribution in [1.29, 1.82) is 0 Å². The summed E-state index contributed by atoms with van der Waals surface area (Å²) >= 11 is 0. The first-order valence-corrected chi connectivity index (χ1v) is 7.08. The molecule has 0 aliphatic heterocycles. The molecule has 0 aromatic heterocycles. The Labute approximate surface area is 117 Å². The normalized spacial score (nSPS) is 13.7. The second-order valence-corrected chi connectivity index (χ2v) is 6.72. The number of aliphatic hydroxyl groups is 1. The topological polar surface area (TPSA) is 29.5 Å². The van der Waals surface area contributed by atoms with E-state index in [1.54, 1.807) is 7.11 Å². The third-order valence-electron chi connectivity index (χ3n) is 3.48. The molecule has 2 nitrogen and oxygen atoms in total. The van der Waals surface area contributed by atoms with Crippen LogP contribution in [-0.2, 0) is 5.41 Å². The van der Waals surface area contributed by atoms with E-state index in [0.717, 1.165) is 12.2 Å². The van der Waals surface area contributed by atoms with Crippen molar-refractivity contribution in [3.63, 3.8) is 0 Å². The van der Waals surface area contributed by atoms with Crippen molar-refractivity contribution in [3.05, 3.63) is 29.3 Å². The standard InChI is InChI=1S/C17H28O2/c1-12(2)9-14(11-18)13-7-8-16(19-6)15(10-13)17(3,4)5/h7-8,10,12,14,18H,9,11H2,1-6H3. The summed E-state index contributed by atoms with van der Waals surface area (Å²) in [5.74, 6) is 1.72. The SMILES string of the molecule is COc1ccc(C(CO)CC(C)C)cc1C(C)(C)C. The summed E-state index contributed by atoms with van der Waals surface area (Å²) in [6, 6.07) is 6.30. The summed E-state index contributed by atoms with van der Waals surface area (Å²) < 4.78 is 5.46. The van der Waals surface area contributed by atoms with Crippen molar-refractivity contribution in [3.8, 4) is 5.75 Å². The van der Waals surface area contributed by atoms with Crippen molar-refractivity contribution in [2.75, 3.05) is 13.7 Å². The highest BCUT2D eigenvalue weighted by atomic mass is 16.5. The Morgan fingerprint density at radius 3 is 2.26 bits per heavy atom. The molecule has 0 radical (unpaired) electrons. The molecule has 1 N–H and O–H groups in total. The van der Waals surface area contributed by atoms with E-state index in [1.165, 1.54) is 11.1 Å². The lowest BCUT2D eigenvalue weighted by atomic mass is 9.82. The molecule has 0 saturated carbocycles. The van der Waals surface area contributed by atoms with E-state index in [1.807, 2.05) is 6.07 Å². The minimum atomic E-state index is 0.0409. The minimum Gasteiger partial charge on any atom is -0.496 e. The fourth-order valence-electron chi connectivity index (χ4n) is 2.45. The van der Waals surface area contributed by atoms with Crippen LogP contribution in [0.2, 0.25) is 0 Å². The molecule has 0 fully saturated rings. The van der Waals surface area contributed by atoms with Gasteiger partial charge in [-0.3, -0.25) is 0 Å². The van der Waals surface area contributed by atoms with Gasteiger partial charge >= 0.3 is 0 Å². The third-order valence-corrected chi connectivity index (χ3v) is 3.48. The van der Waals surface area contributed by atoms with E-state index in [0.29, 0.717) is 5.92 Å². The summed E-state index contributed by atoms with van der Waals surface area (Å²) in [5.41, 5.74) is 2.45. The maximum atomic E-state index is 9.62.